The number of hydrogen-bond acceptors (Lipinski definition) is 5. The van der Waals surface area contributed by atoms with Crippen LogP contribution in [0.4, 0.5) is 11.4 Å². The lowest BCUT2D eigenvalue weighted by molar-refractivity contribution is -0.386. The Bertz CT molecular complexity index is 811. The zero-order chi connectivity index (χ0) is 19.4. The molecule has 1 saturated heterocycles. The lowest BCUT2D eigenvalue weighted by Gasteiger charge is -2.22. The van der Waals surface area contributed by atoms with Gasteiger partial charge in [-0.1, -0.05) is 27.7 Å². The van der Waals surface area contributed by atoms with Crippen molar-refractivity contribution < 1.29 is 14.5 Å². The van der Waals surface area contributed by atoms with Crippen LogP contribution in [0.2, 0.25) is 0 Å². The third kappa shape index (κ3) is 2.75. The largest absolute Gasteiger partial charge is 0.367 e. The highest BCUT2D eigenvalue weighted by molar-refractivity contribution is 6.02. The van der Waals surface area contributed by atoms with Crippen molar-refractivity contribution in [2.24, 2.45) is 0 Å². The van der Waals surface area contributed by atoms with E-state index in [0.717, 1.165) is 17.5 Å². The Hall–Kier alpha value is -2.44. The number of likely N-dealkylation sites (tertiary alicyclic amines) is 1. The van der Waals surface area contributed by atoms with Crippen LogP contribution in [0.5, 0.6) is 0 Å². The number of amides is 2. The molecular formula is C19H25N3O4. The Morgan fingerprint density at radius 2 is 1.73 bits per heavy atom. The summed E-state index contributed by atoms with van der Waals surface area (Å²) in [5.41, 5.74) is 2.57. The smallest absolute Gasteiger partial charge is 0.278 e. The second-order valence-electron chi connectivity index (χ2n) is 8.57. The first-order chi connectivity index (χ1) is 12.0. The van der Waals surface area contributed by atoms with Gasteiger partial charge in [-0.3, -0.25) is 24.6 Å². The minimum absolute atomic E-state index is 0.0399. The van der Waals surface area contributed by atoms with Gasteiger partial charge in [0.1, 0.15) is 0 Å². The molecule has 26 heavy (non-hydrogen) atoms. The average Bonchev–Trinajstić information content (AvgIpc) is 2.91. The van der Waals surface area contributed by atoms with Crippen LogP contribution < -0.4 is 5.32 Å². The maximum absolute atomic E-state index is 11.9. The van der Waals surface area contributed by atoms with Crippen LogP contribution in [-0.4, -0.2) is 28.3 Å². The fourth-order valence-electron chi connectivity index (χ4n) is 4.65. The van der Waals surface area contributed by atoms with E-state index in [2.05, 4.69) is 19.2 Å². The summed E-state index contributed by atoms with van der Waals surface area (Å²) in [6.45, 7) is 10.0. The molecule has 7 nitrogen and oxygen atoms in total. The van der Waals surface area contributed by atoms with Crippen LogP contribution in [0.15, 0.2) is 6.07 Å². The van der Waals surface area contributed by atoms with Gasteiger partial charge in [-0.2, -0.15) is 0 Å². The molecule has 0 saturated carbocycles. The molecule has 1 aromatic rings. The van der Waals surface area contributed by atoms with Crippen LogP contribution in [0.1, 0.15) is 63.6 Å². The lowest BCUT2D eigenvalue weighted by Crippen LogP contribution is -2.34. The molecule has 1 aliphatic carbocycles. The standard InChI is InChI=1S/C19H25N3O4/c1-11-13(20-10-21-14(23)6-7-15(21)24)8-12-16(17(11)22(25)26)19(4,5)9-18(12,2)3/h8,20H,6-7,9-10H2,1-5H3. The fraction of sp³-hybridized carbons (Fsp3) is 0.579. The quantitative estimate of drug-likeness (QED) is 0.505. The summed E-state index contributed by atoms with van der Waals surface area (Å²) in [5.74, 6) is -0.422. The molecule has 1 N–H and O–H groups in total. The second kappa shape index (κ2) is 5.79. The molecule has 7 heteroatoms. The number of anilines is 1. The maximum atomic E-state index is 11.9. The first kappa shape index (κ1) is 18.4. The molecule has 1 heterocycles. The van der Waals surface area contributed by atoms with E-state index in [1.807, 2.05) is 19.9 Å². The normalized spacial score (nSPS) is 20.4. The van der Waals surface area contributed by atoms with Crippen molar-refractivity contribution in [3.63, 3.8) is 0 Å². The summed E-state index contributed by atoms with van der Waals surface area (Å²) >= 11 is 0. The predicted octanol–water partition coefficient (Wildman–Crippen LogP) is 3.38. The number of carbonyl (C=O) groups excluding carboxylic acids is 2. The van der Waals surface area contributed by atoms with Gasteiger partial charge in [0.15, 0.2) is 0 Å². The van der Waals surface area contributed by atoms with Gasteiger partial charge in [0.05, 0.1) is 17.2 Å². The third-order valence-corrected chi connectivity index (χ3v) is 5.61. The summed E-state index contributed by atoms with van der Waals surface area (Å²) < 4.78 is 0. The van der Waals surface area contributed by atoms with Crippen molar-refractivity contribution in [2.45, 2.75) is 64.7 Å². The summed E-state index contributed by atoms with van der Waals surface area (Å²) in [5, 5.41) is 14.9. The number of fused-ring (bicyclic) bond motifs is 1. The van der Waals surface area contributed by atoms with E-state index in [1.54, 1.807) is 6.92 Å². The second-order valence-corrected chi connectivity index (χ2v) is 8.57. The van der Waals surface area contributed by atoms with Gasteiger partial charge in [-0.15, -0.1) is 0 Å². The van der Waals surface area contributed by atoms with Crippen molar-refractivity contribution in [3.05, 3.63) is 32.9 Å². The highest BCUT2D eigenvalue weighted by atomic mass is 16.6. The summed E-state index contributed by atoms with van der Waals surface area (Å²) in [4.78, 5) is 36.3. The Labute approximate surface area is 152 Å². The molecule has 2 amide bonds. The van der Waals surface area contributed by atoms with E-state index in [1.165, 1.54) is 4.90 Å². The third-order valence-electron chi connectivity index (χ3n) is 5.61. The van der Waals surface area contributed by atoms with Crippen LogP contribution in [0.3, 0.4) is 0 Å². The first-order valence-electron chi connectivity index (χ1n) is 8.86. The Kier molecular flexibility index (Phi) is 4.09. The van der Waals surface area contributed by atoms with Gasteiger partial charge in [0, 0.05) is 24.1 Å². The fourth-order valence-corrected chi connectivity index (χ4v) is 4.65. The van der Waals surface area contributed by atoms with E-state index in [4.69, 9.17) is 0 Å². The SMILES string of the molecule is Cc1c(NCN2C(=O)CCC2=O)cc2c(c1[N+](=O)[O-])C(C)(C)CC2(C)C. The molecule has 140 valence electrons. The molecule has 1 fully saturated rings. The van der Waals surface area contributed by atoms with Crippen molar-refractivity contribution in [1.82, 2.24) is 4.90 Å². The molecule has 3 rings (SSSR count). The number of carbonyl (C=O) groups is 2. The van der Waals surface area contributed by atoms with Crippen LogP contribution in [0.25, 0.3) is 0 Å². The van der Waals surface area contributed by atoms with Gasteiger partial charge < -0.3 is 5.32 Å². The lowest BCUT2D eigenvalue weighted by atomic mass is 9.81. The minimum atomic E-state index is -0.311. The van der Waals surface area contributed by atoms with E-state index in [9.17, 15) is 19.7 Å². The number of imide groups is 1. The van der Waals surface area contributed by atoms with Crippen molar-refractivity contribution in [3.8, 4) is 0 Å². The Balaban J connectivity index is 2.06. The van der Waals surface area contributed by atoms with Gasteiger partial charge in [-0.25, -0.2) is 0 Å². The summed E-state index contributed by atoms with van der Waals surface area (Å²) in [6.07, 6.45) is 1.28. The number of nitrogens with one attached hydrogen (secondary N) is 1. The van der Waals surface area contributed by atoms with E-state index in [-0.39, 0.29) is 52.8 Å². The molecule has 2 aliphatic rings. The highest BCUT2D eigenvalue weighted by Crippen LogP contribution is 2.54. The maximum Gasteiger partial charge on any atom is 0.278 e. The number of nitro benzene ring substituents is 1. The molecule has 0 aromatic heterocycles. The number of nitro groups is 1. The zero-order valence-corrected chi connectivity index (χ0v) is 15.9. The van der Waals surface area contributed by atoms with Crippen molar-refractivity contribution in [2.75, 3.05) is 12.0 Å². The molecule has 0 bridgehead atoms. The zero-order valence-electron chi connectivity index (χ0n) is 15.9. The predicted molar refractivity (Wildman–Crippen MR) is 98.1 cm³/mol. The van der Waals surface area contributed by atoms with Gasteiger partial charge in [0.2, 0.25) is 11.8 Å². The summed E-state index contributed by atoms with van der Waals surface area (Å²) in [7, 11) is 0. The van der Waals surface area contributed by atoms with Gasteiger partial charge in [0.25, 0.3) is 5.69 Å². The molecule has 1 aliphatic heterocycles. The average molecular weight is 359 g/mol. The van der Waals surface area contributed by atoms with Crippen LogP contribution in [0, 0.1) is 17.0 Å². The molecule has 0 atom stereocenters. The molecule has 0 spiro atoms. The van der Waals surface area contributed by atoms with E-state index >= 15 is 0 Å². The highest BCUT2D eigenvalue weighted by Gasteiger charge is 2.47. The number of nitrogens with zero attached hydrogens (tertiary/aromatic N) is 2. The van der Waals surface area contributed by atoms with E-state index < -0.39 is 0 Å². The molecule has 0 radical (unpaired) electrons. The van der Waals surface area contributed by atoms with Crippen molar-refractivity contribution >= 4 is 23.2 Å². The molecule has 1 aromatic carbocycles. The van der Waals surface area contributed by atoms with Crippen LogP contribution in [-0.2, 0) is 20.4 Å². The molecular weight excluding hydrogens is 334 g/mol. The topological polar surface area (TPSA) is 92.6 Å². The Morgan fingerprint density at radius 1 is 1.15 bits per heavy atom. The minimum Gasteiger partial charge on any atom is -0.367 e. The monoisotopic (exact) mass is 359 g/mol. The number of hydrogen-bond donors (Lipinski definition) is 1. The Morgan fingerprint density at radius 3 is 2.27 bits per heavy atom. The van der Waals surface area contributed by atoms with Gasteiger partial charge >= 0.3 is 0 Å². The van der Waals surface area contributed by atoms with E-state index in [0.29, 0.717) is 11.3 Å². The van der Waals surface area contributed by atoms with Gasteiger partial charge in [-0.05, 0) is 35.8 Å². The van der Waals surface area contributed by atoms with Crippen molar-refractivity contribution in [1.29, 1.82) is 0 Å². The van der Waals surface area contributed by atoms with Crippen LogP contribution >= 0.6 is 0 Å². The summed E-state index contributed by atoms with van der Waals surface area (Å²) in [6, 6.07) is 1.96. The number of benzene rings is 1. The number of rotatable bonds is 4. The molecule has 0 unspecified atom stereocenters. The first-order valence-corrected chi connectivity index (χ1v) is 8.86.